The number of nitrogens with zero attached hydrogens (tertiary/aromatic N) is 2. The van der Waals surface area contributed by atoms with Crippen molar-refractivity contribution in [2.75, 3.05) is 18.5 Å². The summed E-state index contributed by atoms with van der Waals surface area (Å²) in [6, 6.07) is 6.56. The summed E-state index contributed by atoms with van der Waals surface area (Å²) in [5, 5.41) is 7.72. The lowest BCUT2D eigenvalue weighted by Crippen LogP contribution is -2.48. The molecule has 4 rings (SSSR count). The topological polar surface area (TPSA) is 102 Å². The first-order valence-electron chi connectivity index (χ1n) is 11.3. The summed E-state index contributed by atoms with van der Waals surface area (Å²) in [5.41, 5.74) is 3.26. The van der Waals surface area contributed by atoms with Gasteiger partial charge < -0.3 is 19.9 Å². The molecule has 2 amide bonds. The minimum Gasteiger partial charge on any atom is -0.376 e. The summed E-state index contributed by atoms with van der Waals surface area (Å²) in [7, 11) is 0. The molecular weight excluding hydrogens is 464 g/mol. The van der Waals surface area contributed by atoms with Crippen LogP contribution in [0.5, 0.6) is 0 Å². The summed E-state index contributed by atoms with van der Waals surface area (Å²) in [6.07, 6.45) is 7.39. The van der Waals surface area contributed by atoms with Gasteiger partial charge in [0, 0.05) is 28.9 Å². The Morgan fingerprint density at radius 3 is 2.69 bits per heavy atom. The molecule has 8 nitrogen and oxygen atoms in total. The van der Waals surface area contributed by atoms with E-state index in [2.05, 4.69) is 22.5 Å². The number of allylic oxidation sites excluding steroid dienone is 1. The molecule has 1 atom stereocenters. The molecule has 2 aromatic heterocycles. The quantitative estimate of drug-likeness (QED) is 0.455. The Balaban J connectivity index is 1.39. The number of amides is 2. The molecule has 0 spiro atoms. The number of hydrogen-bond donors (Lipinski definition) is 2. The predicted octanol–water partition coefficient (Wildman–Crippen LogP) is 4.35. The number of nitrogens with one attached hydrogen (secondary N) is 2. The third-order valence-corrected chi connectivity index (χ3v) is 6.71. The number of benzene rings is 1. The Morgan fingerprint density at radius 1 is 1.26 bits per heavy atom. The number of aromatic nitrogens is 2. The maximum Gasteiger partial charge on any atom is 0.253 e. The molecular formula is C26H28N4O4S. The van der Waals surface area contributed by atoms with Crippen LogP contribution < -0.4 is 10.6 Å². The van der Waals surface area contributed by atoms with Crippen LogP contribution in [0.4, 0.5) is 5.13 Å². The Bertz CT molecular complexity index is 1300. The monoisotopic (exact) mass is 492 g/mol. The van der Waals surface area contributed by atoms with Gasteiger partial charge in [-0.3, -0.25) is 14.4 Å². The number of thiazole rings is 1. The van der Waals surface area contributed by atoms with Crippen LogP contribution in [0.25, 0.3) is 17.3 Å². The van der Waals surface area contributed by atoms with Gasteiger partial charge in [-0.2, -0.15) is 0 Å². The van der Waals surface area contributed by atoms with Gasteiger partial charge in [0.15, 0.2) is 10.9 Å². The first-order valence-corrected chi connectivity index (χ1v) is 12.2. The molecule has 0 aliphatic carbocycles. The van der Waals surface area contributed by atoms with Crippen molar-refractivity contribution < 1.29 is 19.1 Å². The van der Waals surface area contributed by atoms with Crippen molar-refractivity contribution in [2.24, 2.45) is 0 Å². The highest BCUT2D eigenvalue weighted by atomic mass is 32.1. The minimum absolute atomic E-state index is 0.0289. The summed E-state index contributed by atoms with van der Waals surface area (Å²) in [4.78, 5) is 41.9. The van der Waals surface area contributed by atoms with E-state index in [9.17, 15) is 14.4 Å². The largest absolute Gasteiger partial charge is 0.376 e. The number of carbonyl (C=O) groups excluding carboxylic acids is 3. The summed E-state index contributed by atoms with van der Waals surface area (Å²) >= 11 is 1.28. The van der Waals surface area contributed by atoms with Crippen molar-refractivity contribution >= 4 is 40.1 Å². The van der Waals surface area contributed by atoms with Crippen LogP contribution in [0.1, 0.15) is 54.0 Å². The summed E-state index contributed by atoms with van der Waals surface area (Å²) < 4.78 is 7.25. The van der Waals surface area contributed by atoms with Gasteiger partial charge in [-0.1, -0.05) is 24.3 Å². The number of hydrogen-bond acceptors (Lipinski definition) is 6. The van der Waals surface area contributed by atoms with Gasteiger partial charge in [-0.15, -0.1) is 11.3 Å². The van der Waals surface area contributed by atoms with Crippen LogP contribution in [-0.4, -0.2) is 46.4 Å². The molecule has 1 aliphatic rings. The van der Waals surface area contributed by atoms with E-state index < -0.39 is 6.04 Å². The molecule has 1 aromatic carbocycles. The number of anilines is 1. The van der Waals surface area contributed by atoms with Crippen molar-refractivity contribution in [1.29, 1.82) is 0 Å². The van der Waals surface area contributed by atoms with E-state index in [-0.39, 0.29) is 23.1 Å². The maximum atomic E-state index is 12.7. The highest BCUT2D eigenvalue weighted by Gasteiger charge is 2.35. The van der Waals surface area contributed by atoms with Crippen LogP contribution in [0.15, 0.2) is 48.1 Å². The van der Waals surface area contributed by atoms with E-state index in [0.717, 1.165) is 11.1 Å². The highest BCUT2D eigenvalue weighted by Crippen LogP contribution is 2.28. The zero-order valence-electron chi connectivity index (χ0n) is 20.1. The van der Waals surface area contributed by atoms with Crippen LogP contribution >= 0.6 is 11.3 Å². The third-order valence-electron chi connectivity index (χ3n) is 5.95. The average Bonchev–Trinajstić information content (AvgIpc) is 3.48. The fraction of sp³-hybridized carbons (Fsp3) is 0.308. The predicted molar refractivity (Wildman–Crippen MR) is 137 cm³/mol. The van der Waals surface area contributed by atoms with Gasteiger partial charge in [-0.25, -0.2) is 4.98 Å². The normalized spacial score (nSPS) is 15.4. The number of Topliss-reactive ketones (excluding diaryl/α,β-unsaturated/α-hetero) is 1. The second-order valence-electron chi connectivity index (χ2n) is 8.88. The van der Waals surface area contributed by atoms with Gasteiger partial charge >= 0.3 is 0 Å². The van der Waals surface area contributed by atoms with Crippen molar-refractivity contribution in [3.05, 3.63) is 64.8 Å². The van der Waals surface area contributed by atoms with E-state index in [1.165, 1.54) is 18.3 Å². The molecule has 1 aliphatic heterocycles. The minimum atomic E-state index is -0.759. The smallest absolute Gasteiger partial charge is 0.253 e. The number of ether oxygens (including phenoxy) is 1. The average molecular weight is 493 g/mol. The van der Waals surface area contributed by atoms with Crippen molar-refractivity contribution in [3.63, 3.8) is 0 Å². The lowest BCUT2D eigenvalue weighted by Gasteiger charge is -2.39. The molecule has 0 bridgehead atoms. The van der Waals surface area contributed by atoms with E-state index >= 15 is 0 Å². The Labute approximate surface area is 208 Å². The zero-order chi connectivity index (χ0) is 25.2. The van der Waals surface area contributed by atoms with Crippen molar-refractivity contribution in [1.82, 2.24) is 14.9 Å². The molecule has 3 heterocycles. The van der Waals surface area contributed by atoms with Gasteiger partial charge in [0.2, 0.25) is 5.91 Å². The van der Waals surface area contributed by atoms with Crippen LogP contribution in [0, 0.1) is 0 Å². The summed E-state index contributed by atoms with van der Waals surface area (Å²) in [6.45, 7) is 8.33. The van der Waals surface area contributed by atoms with E-state index in [1.54, 1.807) is 19.2 Å². The van der Waals surface area contributed by atoms with Crippen LogP contribution in [-0.2, 0) is 15.1 Å². The number of rotatable bonds is 8. The van der Waals surface area contributed by atoms with Gasteiger partial charge in [0.1, 0.15) is 6.04 Å². The number of carbonyl (C=O) groups is 3. The van der Waals surface area contributed by atoms with E-state index in [4.69, 9.17) is 4.74 Å². The van der Waals surface area contributed by atoms with E-state index in [0.29, 0.717) is 35.2 Å². The highest BCUT2D eigenvalue weighted by molar-refractivity contribution is 7.14. The SMILES string of the molecule is C/C=C\c1ccc(-c2csc(NC(=O)C(C)NC(=O)c3ccn(C4(C)COC4)c3)n2)cc1C(C)=O. The molecule has 9 heteroatoms. The molecule has 182 valence electrons. The van der Waals surface area contributed by atoms with Crippen molar-refractivity contribution in [2.45, 2.75) is 39.3 Å². The van der Waals surface area contributed by atoms with Gasteiger partial charge in [-0.05, 0) is 45.4 Å². The van der Waals surface area contributed by atoms with Gasteiger partial charge in [0.25, 0.3) is 5.91 Å². The Kier molecular flexibility index (Phi) is 7.00. The first-order chi connectivity index (χ1) is 16.7. The Hall–Kier alpha value is -3.56. The molecule has 1 unspecified atom stereocenters. The standard InChI is InChI=1S/C26H28N4O4S/c1-5-6-18-7-8-19(11-21(18)17(3)31)22-13-35-25(28-22)29-23(32)16(2)27-24(33)20-9-10-30(12-20)26(4)14-34-15-26/h5-13,16H,14-15H2,1-4H3,(H,27,33)(H,28,29,32)/b6-5-. The fourth-order valence-corrected chi connectivity index (χ4v) is 4.50. The first kappa shape index (κ1) is 24.6. The molecule has 1 fully saturated rings. The van der Waals surface area contributed by atoms with Crippen LogP contribution in [0.2, 0.25) is 0 Å². The number of ketones is 1. The molecule has 35 heavy (non-hydrogen) atoms. The van der Waals surface area contributed by atoms with Gasteiger partial charge in [0.05, 0.1) is 30.0 Å². The molecule has 1 saturated heterocycles. The molecule has 0 saturated carbocycles. The van der Waals surface area contributed by atoms with Crippen LogP contribution in [0.3, 0.4) is 0 Å². The van der Waals surface area contributed by atoms with Crippen molar-refractivity contribution in [3.8, 4) is 11.3 Å². The third kappa shape index (κ3) is 5.26. The van der Waals surface area contributed by atoms with E-state index in [1.807, 2.05) is 53.4 Å². The lowest BCUT2D eigenvalue weighted by molar-refractivity contribution is -0.117. The molecule has 3 aromatic rings. The second kappa shape index (κ2) is 9.97. The zero-order valence-corrected chi connectivity index (χ0v) is 20.9. The summed E-state index contributed by atoms with van der Waals surface area (Å²) in [5.74, 6) is -0.724. The lowest BCUT2D eigenvalue weighted by atomic mass is 9.99. The Morgan fingerprint density at radius 2 is 2.03 bits per heavy atom. The molecule has 0 radical (unpaired) electrons. The molecule has 2 N–H and O–H groups in total. The maximum absolute atomic E-state index is 12.7. The second-order valence-corrected chi connectivity index (χ2v) is 9.74. The fourth-order valence-electron chi connectivity index (χ4n) is 3.78.